The molecule has 0 radical (unpaired) electrons. The van der Waals surface area contributed by atoms with Gasteiger partial charge in [0.2, 0.25) is 0 Å². The zero-order chi connectivity index (χ0) is 13.7. The molecule has 1 atom stereocenters. The van der Waals surface area contributed by atoms with Gasteiger partial charge in [0.1, 0.15) is 0 Å². The van der Waals surface area contributed by atoms with Crippen LogP contribution in [0, 0.1) is 0 Å². The van der Waals surface area contributed by atoms with Gasteiger partial charge in [-0.1, -0.05) is 13.0 Å². The van der Waals surface area contributed by atoms with E-state index in [1.807, 2.05) is 12.1 Å². The van der Waals surface area contributed by atoms with Crippen LogP contribution in [0.5, 0.6) is 11.5 Å². The van der Waals surface area contributed by atoms with E-state index in [1.54, 1.807) is 13.2 Å². The third-order valence-corrected chi connectivity index (χ3v) is 3.82. The molecule has 1 aromatic carbocycles. The highest BCUT2D eigenvalue weighted by molar-refractivity contribution is 5.41. The molecule has 1 saturated heterocycles. The second kappa shape index (κ2) is 6.78. The number of ether oxygens (including phenoxy) is 1. The Bertz CT molecular complexity index is 403. The molecule has 1 aromatic rings. The summed E-state index contributed by atoms with van der Waals surface area (Å²) in [6.45, 7) is 6.35. The average Bonchev–Trinajstić information content (AvgIpc) is 2.47. The van der Waals surface area contributed by atoms with Crippen LogP contribution in [0.1, 0.15) is 25.3 Å². The number of aromatic hydroxyl groups is 1. The SMILES string of the molecule is CCN(Cc1ccc(O)c(OC)c1)C1CCCNC1. The van der Waals surface area contributed by atoms with Crippen LogP contribution in [0.3, 0.4) is 0 Å². The van der Waals surface area contributed by atoms with Crippen molar-refractivity contribution in [2.24, 2.45) is 0 Å². The zero-order valence-corrected chi connectivity index (χ0v) is 11.9. The summed E-state index contributed by atoms with van der Waals surface area (Å²) in [6, 6.07) is 6.21. The molecule has 0 saturated carbocycles. The second-order valence-corrected chi connectivity index (χ2v) is 5.07. The number of hydrogen-bond acceptors (Lipinski definition) is 4. The number of hydrogen-bond donors (Lipinski definition) is 2. The van der Waals surface area contributed by atoms with Gasteiger partial charge in [-0.25, -0.2) is 0 Å². The molecule has 0 aliphatic carbocycles. The molecule has 2 N–H and O–H groups in total. The summed E-state index contributed by atoms with van der Waals surface area (Å²) in [5.74, 6) is 0.754. The van der Waals surface area contributed by atoms with Crippen LogP contribution in [-0.2, 0) is 6.54 Å². The summed E-state index contributed by atoms with van der Waals surface area (Å²) in [4.78, 5) is 2.48. The van der Waals surface area contributed by atoms with Crippen molar-refractivity contribution in [3.63, 3.8) is 0 Å². The van der Waals surface area contributed by atoms with Crippen LogP contribution in [0.25, 0.3) is 0 Å². The van der Waals surface area contributed by atoms with E-state index in [9.17, 15) is 5.11 Å². The van der Waals surface area contributed by atoms with Gasteiger partial charge in [0.05, 0.1) is 7.11 Å². The molecule has 0 bridgehead atoms. The molecule has 1 unspecified atom stereocenters. The first-order chi connectivity index (χ1) is 9.24. The van der Waals surface area contributed by atoms with E-state index in [1.165, 1.54) is 18.4 Å². The number of piperidine rings is 1. The summed E-state index contributed by atoms with van der Waals surface area (Å²) in [7, 11) is 1.58. The number of benzene rings is 1. The summed E-state index contributed by atoms with van der Waals surface area (Å²) in [5, 5.41) is 13.1. The van der Waals surface area contributed by atoms with Gasteiger partial charge in [-0.2, -0.15) is 0 Å². The molecule has 1 fully saturated rings. The Morgan fingerprint density at radius 1 is 1.47 bits per heavy atom. The fourth-order valence-electron chi connectivity index (χ4n) is 2.70. The molecule has 19 heavy (non-hydrogen) atoms. The molecular formula is C15H24N2O2. The molecule has 4 nitrogen and oxygen atoms in total. The van der Waals surface area contributed by atoms with Crippen molar-refractivity contribution in [1.29, 1.82) is 0 Å². The van der Waals surface area contributed by atoms with E-state index >= 15 is 0 Å². The van der Waals surface area contributed by atoms with Crippen LogP contribution in [0.4, 0.5) is 0 Å². The van der Waals surface area contributed by atoms with E-state index in [4.69, 9.17) is 4.74 Å². The Labute approximate surface area is 115 Å². The van der Waals surface area contributed by atoms with Crippen LogP contribution < -0.4 is 10.1 Å². The quantitative estimate of drug-likeness (QED) is 0.853. The number of nitrogens with one attached hydrogen (secondary N) is 1. The van der Waals surface area contributed by atoms with E-state index in [-0.39, 0.29) is 5.75 Å². The Balaban J connectivity index is 2.04. The lowest BCUT2D eigenvalue weighted by molar-refractivity contribution is 0.166. The summed E-state index contributed by atoms with van der Waals surface area (Å²) in [6.07, 6.45) is 2.51. The standard InChI is InChI=1S/C15H24N2O2/c1-3-17(13-5-4-8-16-10-13)11-12-6-7-14(18)15(9-12)19-2/h6-7,9,13,16,18H,3-5,8,10-11H2,1-2H3. The van der Waals surface area contributed by atoms with E-state index in [0.717, 1.165) is 26.2 Å². The van der Waals surface area contributed by atoms with E-state index in [2.05, 4.69) is 17.1 Å². The van der Waals surface area contributed by atoms with E-state index in [0.29, 0.717) is 11.8 Å². The molecule has 0 amide bonds. The molecule has 1 heterocycles. The Morgan fingerprint density at radius 3 is 2.95 bits per heavy atom. The van der Waals surface area contributed by atoms with Crippen LogP contribution in [-0.4, -0.2) is 42.8 Å². The number of rotatable bonds is 5. The van der Waals surface area contributed by atoms with Gasteiger partial charge >= 0.3 is 0 Å². The summed E-state index contributed by atoms with van der Waals surface area (Å²) >= 11 is 0. The smallest absolute Gasteiger partial charge is 0.160 e. The molecule has 0 aromatic heterocycles. The lowest BCUT2D eigenvalue weighted by Crippen LogP contribution is -2.45. The number of phenols is 1. The maximum Gasteiger partial charge on any atom is 0.160 e. The normalized spacial score (nSPS) is 19.6. The van der Waals surface area contributed by atoms with E-state index < -0.39 is 0 Å². The van der Waals surface area contributed by atoms with Crippen molar-refractivity contribution in [2.45, 2.75) is 32.4 Å². The van der Waals surface area contributed by atoms with Crippen molar-refractivity contribution in [2.75, 3.05) is 26.7 Å². The zero-order valence-electron chi connectivity index (χ0n) is 11.9. The minimum Gasteiger partial charge on any atom is -0.504 e. The molecule has 0 spiro atoms. The van der Waals surface area contributed by atoms with Gasteiger partial charge in [0, 0.05) is 19.1 Å². The summed E-state index contributed by atoms with van der Waals surface area (Å²) in [5.41, 5.74) is 1.18. The lowest BCUT2D eigenvalue weighted by atomic mass is 10.0. The Hall–Kier alpha value is -1.26. The maximum absolute atomic E-state index is 9.63. The topological polar surface area (TPSA) is 44.7 Å². The van der Waals surface area contributed by atoms with Crippen molar-refractivity contribution in [1.82, 2.24) is 10.2 Å². The van der Waals surface area contributed by atoms with Gasteiger partial charge in [0.25, 0.3) is 0 Å². The molecule has 106 valence electrons. The number of phenolic OH excluding ortho intramolecular Hbond substituents is 1. The number of nitrogens with zero attached hydrogens (tertiary/aromatic N) is 1. The Morgan fingerprint density at radius 2 is 2.32 bits per heavy atom. The average molecular weight is 264 g/mol. The summed E-state index contributed by atoms with van der Waals surface area (Å²) < 4.78 is 5.17. The first kappa shape index (κ1) is 14.2. The molecule has 1 aliphatic heterocycles. The largest absolute Gasteiger partial charge is 0.504 e. The minimum atomic E-state index is 0.202. The molecule has 4 heteroatoms. The molecule has 1 aliphatic rings. The predicted octanol–water partition coefficient (Wildman–Crippen LogP) is 1.97. The fraction of sp³-hybridized carbons (Fsp3) is 0.600. The van der Waals surface area contributed by atoms with Crippen LogP contribution >= 0.6 is 0 Å². The highest BCUT2D eigenvalue weighted by Crippen LogP contribution is 2.27. The fourth-order valence-corrected chi connectivity index (χ4v) is 2.70. The first-order valence-corrected chi connectivity index (χ1v) is 7.05. The van der Waals surface area contributed by atoms with Gasteiger partial charge in [-0.05, 0) is 43.6 Å². The molecule has 2 rings (SSSR count). The third kappa shape index (κ3) is 3.61. The third-order valence-electron chi connectivity index (χ3n) is 3.82. The first-order valence-electron chi connectivity index (χ1n) is 7.05. The number of likely N-dealkylation sites (N-methyl/N-ethyl adjacent to an activating group) is 1. The second-order valence-electron chi connectivity index (χ2n) is 5.07. The van der Waals surface area contributed by atoms with Crippen LogP contribution in [0.2, 0.25) is 0 Å². The number of methoxy groups -OCH3 is 1. The van der Waals surface area contributed by atoms with Gasteiger partial charge in [-0.3, -0.25) is 4.90 Å². The van der Waals surface area contributed by atoms with Gasteiger partial charge < -0.3 is 15.2 Å². The van der Waals surface area contributed by atoms with Crippen molar-refractivity contribution in [3.8, 4) is 11.5 Å². The lowest BCUT2D eigenvalue weighted by Gasteiger charge is -2.34. The van der Waals surface area contributed by atoms with Gasteiger partial charge in [0.15, 0.2) is 11.5 Å². The van der Waals surface area contributed by atoms with Crippen LogP contribution in [0.15, 0.2) is 18.2 Å². The van der Waals surface area contributed by atoms with Crippen molar-refractivity contribution >= 4 is 0 Å². The predicted molar refractivity (Wildman–Crippen MR) is 76.6 cm³/mol. The highest BCUT2D eigenvalue weighted by Gasteiger charge is 2.19. The Kier molecular flexibility index (Phi) is 5.05. The maximum atomic E-state index is 9.63. The monoisotopic (exact) mass is 264 g/mol. The molecular weight excluding hydrogens is 240 g/mol. The highest BCUT2D eigenvalue weighted by atomic mass is 16.5. The van der Waals surface area contributed by atoms with Gasteiger partial charge in [-0.15, -0.1) is 0 Å². The van der Waals surface area contributed by atoms with Crippen molar-refractivity contribution in [3.05, 3.63) is 23.8 Å². The minimum absolute atomic E-state index is 0.202. The van der Waals surface area contributed by atoms with Crippen molar-refractivity contribution < 1.29 is 9.84 Å².